The molecule has 2 aliphatic rings. The van der Waals surface area contributed by atoms with Gasteiger partial charge in [-0.05, 0) is 38.5 Å². The predicted molar refractivity (Wildman–Crippen MR) is 67.3 cm³/mol. The molecule has 0 spiro atoms. The van der Waals surface area contributed by atoms with E-state index < -0.39 is 11.4 Å². The zero-order valence-electron chi connectivity index (χ0n) is 10.9. The number of amides is 2. The Morgan fingerprint density at radius 2 is 2.11 bits per heavy atom. The van der Waals surface area contributed by atoms with E-state index in [9.17, 15) is 14.7 Å². The molecule has 0 aromatic rings. The summed E-state index contributed by atoms with van der Waals surface area (Å²) < 4.78 is 0. The van der Waals surface area contributed by atoms with Crippen LogP contribution in [0, 0.1) is 5.41 Å². The molecule has 18 heavy (non-hydrogen) atoms. The van der Waals surface area contributed by atoms with Crippen molar-refractivity contribution >= 4 is 12.0 Å². The number of piperidine rings is 1. The first-order valence-electron chi connectivity index (χ1n) is 6.86. The van der Waals surface area contributed by atoms with Crippen molar-refractivity contribution in [3.63, 3.8) is 0 Å². The second-order valence-electron chi connectivity index (χ2n) is 5.54. The third-order valence-electron chi connectivity index (χ3n) is 4.43. The van der Waals surface area contributed by atoms with E-state index in [1.54, 1.807) is 4.90 Å². The first kappa shape index (κ1) is 13.2. The van der Waals surface area contributed by atoms with E-state index in [4.69, 9.17) is 0 Å². The molecule has 0 aromatic heterocycles. The minimum atomic E-state index is -0.772. The molecule has 1 atom stereocenters. The Morgan fingerprint density at radius 3 is 2.61 bits per heavy atom. The van der Waals surface area contributed by atoms with Gasteiger partial charge in [0.25, 0.3) is 0 Å². The van der Waals surface area contributed by atoms with E-state index >= 15 is 0 Å². The Labute approximate surface area is 108 Å². The molecule has 2 N–H and O–H groups in total. The van der Waals surface area contributed by atoms with Gasteiger partial charge in [0, 0.05) is 19.1 Å². The van der Waals surface area contributed by atoms with E-state index in [0.717, 1.165) is 19.3 Å². The van der Waals surface area contributed by atoms with Crippen molar-refractivity contribution in [2.45, 2.75) is 51.5 Å². The Hall–Kier alpha value is -1.26. The summed E-state index contributed by atoms with van der Waals surface area (Å²) in [5, 5.41) is 12.4. The Morgan fingerprint density at radius 1 is 1.39 bits per heavy atom. The number of likely N-dealkylation sites (tertiary alicyclic amines) is 1. The molecule has 1 saturated heterocycles. The molecule has 1 aliphatic carbocycles. The molecular formula is C13H22N2O3. The summed E-state index contributed by atoms with van der Waals surface area (Å²) in [6, 6.07) is 0.221. The lowest BCUT2D eigenvalue weighted by Gasteiger charge is -2.40. The molecule has 1 unspecified atom stereocenters. The Bertz CT molecular complexity index is 341. The van der Waals surface area contributed by atoms with Crippen molar-refractivity contribution in [3.8, 4) is 0 Å². The van der Waals surface area contributed by atoms with Crippen molar-refractivity contribution in [2.24, 2.45) is 5.41 Å². The second-order valence-corrected chi connectivity index (χ2v) is 5.54. The summed E-state index contributed by atoms with van der Waals surface area (Å²) in [6.07, 6.45) is 5.31. The topological polar surface area (TPSA) is 69.6 Å². The van der Waals surface area contributed by atoms with Gasteiger partial charge in [-0.25, -0.2) is 4.79 Å². The van der Waals surface area contributed by atoms with Gasteiger partial charge < -0.3 is 15.3 Å². The summed E-state index contributed by atoms with van der Waals surface area (Å²) in [4.78, 5) is 25.1. The summed E-state index contributed by atoms with van der Waals surface area (Å²) in [7, 11) is 0. The van der Waals surface area contributed by atoms with Gasteiger partial charge in [0.2, 0.25) is 0 Å². The molecule has 0 bridgehead atoms. The van der Waals surface area contributed by atoms with Crippen LogP contribution in [0.1, 0.15) is 45.4 Å². The fraction of sp³-hybridized carbons (Fsp3) is 0.846. The highest BCUT2D eigenvalue weighted by Crippen LogP contribution is 2.33. The minimum Gasteiger partial charge on any atom is -0.481 e. The van der Waals surface area contributed by atoms with Crippen LogP contribution in [0.5, 0.6) is 0 Å². The number of rotatable bonds is 3. The maximum absolute atomic E-state index is 12.0. The minimum absolute atomic E-state index is 0.0847. The molecular weight excluding hydrogens is 232 g/mol. The molecule has 0 aromatic carbocycles. The Balaban J connectivity index is 1.96. The average molecular weight is 254 g/mol. The predicted octanol–water partition coefficient (Wildman–Crippen LogP) is 1.83. The first-order chi connectivity index (χ1) is 8.57. The zero-order chi connectivity index (χ0) is 13.2. The summed E-state index contributed by atoms with van der Waals surface area (Å²) >= 11 is 0. The van der Waals surface area contributed by atoms with E-state index in [0.29, 0.717) is 32.0 Å². The number of hydrogen-bond acceptors (Lipinski definition) is 2. The SMILES string of the molecule is CCC1(C(=O)O)CCCN(C(=O)NC2CCC2)C1. The van der Waals surface area contributed by atoms with Gasteiger partial charge in [-0.15, -0.1) is 0 Å². The number of aliphatic carboxylic acids is 1. The quantitative estimate of drug-likeness (QED) is 0.807. The third kappa shape index (κ3) is 2.44. The molecule has 2 rings (SSSR count). The van der Waals surface area contributed by atoms with Gasteiger partial charge in [-0.2, -0.15) is 0 Å². The largest absolute Gasteiger partial charge is 0.481 e. The number of carbonyl (C=O) groups excluding carboxylic acids is 1. The molecule has 1 heterocycles. The highest BCUT2D eigenvalue weighted by atomic mass is 16.4. The summed E-state index contributed by atoms with van der Waals surface area (Å²) in [5.41, 5.74) is -0.741. The van der Waals surface area contributed by atoms with Crippen LogP contribution < -0.4 is 5.32 Å². The number of hydrogen-bond donors (Lipinski definition) is 2. The number of carboxylic acids is 1. The van der Waals surface area contributed by atoms with Crippen LogP contribution >= 0.6 is 0 Å². The van der Waals surface area contributed by atoms with Gasteiger partial charge in [-0.3, -0.25) is 4.79 Å². The van der Waals surface area contributed by atoms with Crippen LogP contribution in [0.15, 0.2) is 0 Å². The summed E-state index contributed by atoms with van der Waals surface area (Å²) in [6.45, 7) is 2.91. The maximum Gasteiger partial charge on any atom is 0.317 e. The van der Waals surface area contributed by atoms with Gasteiger partial charge in [0.1, 0.15) is 0 Å². The molecule has 2 fully saturated rings. The number of carbonyl (C=O) groups is 2. The monoisotopic (exact) mass is 254 g/mol. The van der Waals surface area contributed by atoms with E-state index in [1.165, 1.54) is 6.42 Å². The van der Waals surface area contributed by atoms with Crippen LogP contribution in [0.3, 0.4) is 0 Å². The average Bonchev–Trinajstić information content (AvgIpc) is 2.33. The van der Waals surface area contributed by atoms with Crippen molar-refractivity contribution in [1.29, 1.82) is 0 Å². The molecule has 0 radical (unpaired) electrons. The fourth-order valence-electron chi connectivity index (χ4n) is 2.74. The Kier molecular flexibility index (Phi) is 3.78. The zero-order valence-corrected chi connectivity index (χ0v) is 10.9. The number of nitrogens with zero attached hydrogens (tertiary/aromatic N) is 1. The summed E-state index contributed by atoms with van der Waals surface area (Å²) in [5.74, 6) is -0.772. The normalized spacial score (nSPS) is 28.6. The number of nitrogens with one attached hydrogen (secondary N) is 1. The van der Waals surface area contributed by atoms with Gasteiger partial charge in [0.15, 0.2) is 0 Å². The molecule has 1 saturated carbocycles. The van der Waals surface area contributed by atoms with Crippen LogP contribution in [0.4, 0.5) is 4.79 Å². The molecule has 102 valence electrons. The molecule has 5 nitrogen and oxygen atoms in total. The molecule has 5 heteroatoms. The van der Waals surface area contributed by atoms with Gasteiger partial charge >= 0.3 is 12.0 Å². The van der Waals surface area contributed by atoms with Crippen molar-refractivity contribution in [1.82, 2.24) is 10.2 Å². The van der Waals surface area contributed by atoms with Crippen LogP contribution in [0.2, 0.25) is 0 Å². The van der Waals surface area contributed by atoms with E-state index in [2.05, 4.69) is 5.32 Å². The van der Waals surface area contributed by atoms with Gasteiger partial charge in [-0.1, -0.05) is 6.92 Å². The number of urea groups is 1. The lowest BCUT2D eigenvalue weighted by atomic mass is 9.78. The van der Waals surface area contributed by atoms with Crippen molar-refractivity contribution in [3.05, 3.63) is 0 Å². The number of carboxylic acid groups (broad SMARTS) is 1. The molecule has 1 aliphatic heterocycles. The highest BCUT2D eigenvalue weighted by molar-refractivity contribution is 5.79. The van der Waals surface area contributed by atoms with Gasteiger partial charge in [0.05, 0.1) is 5.41 Å². The maximum atomic E-state index is 12.0. The lowest BCUT2D eigenvalue weighted by molar-refractivity contribution is -0.152. The van der Waals surface area contributed by atoms with Crippen LogP contribution in [-0.4, -0.2) is 41.1 Å². The highest BCUT2D eigenvalue weighted by Gasteiger charge is 2.42. The van der Waals surface area contributed by atoms with Crippen LogP contribution in [0.25, 0.3) is 0 Å². The second kappa shape index (κ2) is 5.16. The van der Waals surface area contributed by atoms with Crippen molar-refractivity contribution in [2.75, 3.05) is 13.1 Å². The lowest BCUT2D eigenvalue weighted by Crippen LogP contribution is -2.54. The van der Waals surface area contributed by atoms with Crippen LogP contribution in [-0.2, 0) is 4.79 Å². The smallest absolute Gasteiger partial charge is 0.317 e. The van der Waals surface area contributed by atoms with E-state index in [-0.39, 0.29) is 6.03 Å². The molecule has 2 amide bonds. The standard InChI is InChI=1S/C13H22N2O3/c1-2-13(11(16)17)7-4-8-15(9-13)12(18)14-10-5-3-6-10/h10H,2-9H2,1H3,(H,14,18)(H,16,17). The third-order valence-corrected chi connectivity index (χ3v) is 4.43. The van der Waals surface area contributed by atoms with Crippen molar-refractivity contribution < 1.29 is 14.7 Å². The van der Waals surface area contributed by atoms with E-state index in [1.807, 2.05) is 6.92 Å². The first-order valence-corrected chi connectivity index (χ1v) is 6.86. The fourth-order valence-corrected chi connectivity index (χ4v) is 2.74.